The zero-order valence-electron chi connectivity index (χ0n) is 16.6. The number of nitrogens with one attached hydrogen (secondary N) is 2. The molecule has 5 aromatic rings. The van der Waals surface area contributed by atoms with Crippen molar-refractivity contribution in [2.45, 2.75) is 6.54 Å². The van der Waals surface area contributed by atoms with E-state index in [1.165, 1.54) is 17.2 Å². The molecule has 158 valence electrons. The standard InChI is InChI=1S/C23H16N4O5/c28-19(25-14-5-3-6-15(11-14)26-22(29)18-9-4-10-31-18)12-27-13-24-20-16-7-1-2-8-17(16)32-21(20)23(27)30/h1-11,13H,12H2,(H,25,28)(H,26,29). The largest absolute Gasteiger partial charge is 0.459 e. The van der Waals surface area contributed by atoms with Crippen molar-refractivity contribution >= 4 is 45.3 Å². The summed E-state index contributed by atoms with van der Waals surface area (Å²) in [6.07, 6.45) is 2.73. The van der Waals surface area contributed by atoms with Crippen molar-refractivity contribution in [3.05, 3.63) is 89.4 Å². The number of carbonyl (C=O) groups excluding carboxylic acids is 2. The van der Waals surface area contributed by atoms with Gasteiger partial charge < -0.3 is 19.5 Å². The van der Waals surface area contributed by atoms with Crippen molar-refractivity contribution in [2.24, 2.45) is 0 Å². The lowest BCUT2D eigenvalue weighted by Gasteiger charge is -2.09. The lowest BCUT2D eigenvalue weighted by atomic mass is 10.2. The average Bonchev–Trinajstić information content (AvgIpc) is 3.44. The van der Waals surface area contributed by atoms with Gasteiger partial charge in [0, 0.05) is 16.8 Å². The molecule has 0 spiro atoms. The van der Waals surface area contributed by atoms with Gasteiger partial charge in [0.25, 0.3) is 11.5 Å². The molecule has 0 aliphatic carbocycles. The average molecular weight is 428 g/mol. The first-order valence-corrected chi connectivity index (χ1v) is 9.70. The van der Waals surface area contributed by atoms with Gasteiger partial charge in [-0.3, -0.25) is 19.0 Å². The van der Waals surface area contributed by atoms with Gasteiger partial charge in [-0.05, 0) is 42.5 Å². The number of anilines is 2. The maximum atomic E-state index is 12.8. The van der Waals surface area contributed by atoms with Gasteiger partial charge >= 0.3 is 0 Å². The predicted octanol–water partition coefficient (Wildman–Crippen LogP) is 3.63. The molecule has 0 bridgehead atoms. The Morgan fingerprint density at radius 2 is 1.78 bits per heavy atom. The summed E-state index contributed by atoms with van der Waals surface area (Å²) >= 11 is 0. The summed E-state index contributed by atoms with van der Waals surface area (Å²) in [5, 5.41) is 6.14. The molecule has 0 atom stereocenters. The van der Waals surface area contributed by atoms with Crippen LogP contribution in [0.5, 0.6) is 0 Å². The Morgan fingerprint density at radius 1 is 0.969 bits per heavy atom. The molecule has 3 heterocycles. The molecule has 0 aliphatic heterocycles. The Kier molecular flexibility index (Phi) is 4.75. The third-order valence-corrected chi connectivity index (χ3v) is 4.81. The fourth-order valence-corrected chi connectivity index (χ4v) is 3.36. The summed E-state index contributed by atoms with van der Waals surface area (Å²) in [5.74, 6) is -0.665. The molecule has 5 rings (SSSR count). The molecule has 0 radical (unpaired) electrons. The molecule has 2 amide bonds. The normalized spacial score (nSPS) is 11.0. The van der Waals surface area contributed by atoms with E-state index in [-0.39, 0.29) is 17.9 Å². The molecule has 0 aliphatic rings. The van der Waals surface area contributed by atoms with Crippen LogP contribution >= 0.6 is 0 Å². The summed E-state index contributed by atoms with van der Waals surface area (Å²) in [6.45, 7) is -0.248. The number of benzene rings is 2. The van der Waals surface area contributed by atoms with Crippen molar-refractivity contribution in [3.63, 3.8) is 0 Å². The van der Waals surface area contributed by atoms with Crippen LogP contribution < -0.4 is 16.2 Å². The predicted molar refractivity (Wildman–Crippen MR) is 118 cm³/mol. The third kappa shape index (κ3) is 3.63. The van der Waals surface area contributed by atoms with Crippen molar-refractivity contribution in [1.82, 2.24) is 9.55 Å². The first-order valence-electron chi connectivity index (χ1n) is 9.70. The highest BCUT2D eigenvalue weighted by Crippen LogP contribution is 2.24. The molecule has 0 saturated carbocycles. The second-order valence-corrected chi connectivity index (χ2v) is 7.01. The van der Waals surface area contributed by atoms with E-state index < -0.39 is 17.4 Å². The first-order chi connectivity index (χ1) is 15.6. The maximum Gasteiger partial charge on any atom is 0.297 e. The van der Waals surface area contributed by atoms with Crippen LogP contribution in [0.2, 0.25) is 0 Å². The molecule has 9 heteroatoms. The van der Waals surface area contributed by atoms with Crippen LogP contribution in [-0.4, -0.2) is 21.4 Å². The van der Waals surface area contributed by atoms with Gasteiger partial charge in [0.2, 0.25) is 11.5 Å². The van der Waals surface area contributed by atoms with E-state index in [4.69, 9.17) is 8.83 Å². The zero-order chi connectivity index (χ0) is 22.1. The van der Waals surface area contributed by atoms with Crippen molar-refractivity contribution in [1.29, 1.82) is 0 Å². The smallest absolute Gasteiger partial charge is 0.297 e. The van der Waals surface area contributed by atoms with Gasteiger partial charge in [-0.2, -0.15) is 0 Å². The molecule has 2 N–H and O–H groups in total. The van der Waals surface area contributed by atoms with Crippen molar-refractivity contribution in [3.8, 4) is 0 Å². The molecule has 0 unspecified atom stereocenters. The maximum absolute atomic E-state index is 12.8. The molecule has 32 heavy (non-hydrogen) atoms. The van der Waals surface area contributed by atoms with Gasteiger partial charge in [-0.1, -0.05) is 18.2 Å². The van der Waals surface area contributed by atoms with Gasteiger partial charge in [0.15, 0.2) is 5.76 Å². The summed E-state index contributed by atoms with van der Waals surface area (Å²) in [7, 11) is 0. The topological polar surface area (TPSA) is 119 Å². The van der Waals surface area contributed by atoms with Crippen molar-refractivity contribution in [2.75, 3.05) is 10.6 Å². The third-order valence-electron chi connectivity index (χ3n) is 4.81. The second-order valence-electron chi connectivity index (χ2n) is 7.01. The van der Waals surface area contributed by atoms with Crippen LogP contribution in [0.1, 0.15) is 10.6 Å². The van der Waals surface area contributed by atoms with Crippen LogP contribution in [0.15, 0.2) is 86.9 Å². The van der Waals surface area contributed by atoms with Gasteiger partial charge in [0.05, 0.1) is 12.6 Å². The summed E-state index contributed by atoms with van der Waals surface area (Å²) in [5.41, 5.74) is 1.61. The van der Waals surface area contributed by atoms with E-state index in [1.807, 2.05) is 18.2 Å². The molecule has 2 aromatic carbocycles. The Labute approximate surface area is 180 Å². The first kappa shape index (κ1) is 19.3. The minimum absolute atomic E-state index is 0.101. The number of hydrogen-bond donors (Lipinski definition) is 2. The highest BCUT2D eigenvalue weighted by molar-refractivity contribution is 6.03. The minimum atomic E-state index is -0.444. The Balaban J connectivity index is 1.32. The highest BCUT2D eigenvalue weighted by atomic mass is 16.3. The number of hydrogen-bond acceptors (Lipinski definition) is 6. The lowest BCUT2D eigenvalue weighted by molar-refractivity contribution is -0.116. The van der Waals surface area contributed by atoms with Crippen LogP contribution in [0.3, 0.4) is 0 Å². The SMILES string of the molecule is O=C(Cn1cnc2c(oc3ccccc32)c1=O)Nc1cccc(NC(=O)c2ccco2)c1. The van der Waals surface area contributed by atoms with E-state index in [0.29, 0.717) is 22.5 Å². The Bertz CT molecular complexity index is 1510. The Hall–Kier alpha value is -4.66. The lowest BCUT2D eigenvalue weighted by Crippen LogP contribution is -2.27. The van der Waals surface area contributed by atoms with Crippen LogP contribution in [-0.2, 0) is 11.3 Å². The van der Waals surface area contributed by atoms with Gasteiger partial charge in [-0.15, -0.1) is 0 Å². The molecule has 9 nitrogen and oxygen atoms in total. The number of nitrogens with zero attached hydrogens (tertiary/aromatic N) is 2. The molecule has 0 saturated heterocycles. The number of aromatic nitrogens is 2. The summed E-state index contributed by atoms with van der Waals surface area (Å²) < 4.78 is 11.9. The number of amides is 2. The van der Waals surface area contributed by atoms with Gasteiger partial charge in [-0.25, -0.2) is 4.98 Å². The Morgan fingerprint density at radius 3 is 2.59 bits per heavy atom. The second kappa shape index (κ2) is 7.88. The number of rotatable bonds is 5. The van der Waals surface area contributed by atoms with E-state index in [2.05, 4.69) is 15.6 Å². The van der Waals surface area contributed by atoms with Crippen LogP contribution in [0.25, 0.3) is 22.1 Å². The quantitative estimate of drug-likeness (QED) is 0.441. The molecule has 0 fully saturated rings. The summed E-state index contributed by atoms with van der Waals surface area (Å²) in [6, 6.07) is 17.0. The fraction of sp³-hybridized carbons (Fsp3) is 0.0435. The van der Waals surface area contributed by atoms with Crippen LogP contribution in [0.4, 0.5) is 11.4 Å². The highest BCUT2D eigenvalue weighted by Gasteiger charge is 2.15. The van der Waals surface area contributed by atoms with E-state index in [0.717, 1.165) is 5.39 Å². The molecular weight excluding hydrogens is 412 g/mol. The van der Waals surface area contributed by atoms with E-state index >= 15 is 0 Å². The fourth-order valence-electron chi connectivity index (χ4n) is 3.36. The zero-order valence-corrected chi connectivity index (χ0v) is 16.6. The van der Waals surface area contributed by atoms with E-state index in [9.17, 15) is 14.4 Å². The van der Waals surface area contributed by atoms with Crippen molar-refractivity contribution < 1.29 is 18.4 Å². The number of fused-ring (bicyclic) bond motifs is 3. The summed E-state index contributed by atoms with van der Waals surface area (Å²) in [4.78, 5) is 41.7. The minimum Gasteiger partial charge on any atom is -0.459 e. The number of carbonyl (C=O) groups is 2. The van der Waals surface area contributed by atoms with Gasteiger partial charge in [0.1, 0.15) is 17.6 Å². The molecule has 3 aromatic heterocycles. The number of furan rings is 2. The number of para-hydroxylation sites is 1. The molecular formula is C23H16N4O5. The van der Waals surface area contributed by atoms with E-state index in [1.54, 1.807) is 42.5 Å². The monoisotopic (exact) mass is 428 g/mol. The van der Waals surface area contributed by atoms with Crippen LogP contribution in [0, 0.1) is 0 Å².